The average molecular weight is 226 g/mol. The first-order chi connectivity index (χ1) is 7.48. The SMILES string of the molecule is B[C@@H]1O[C@@]2(COC)C(C)(C)[C@H]3OC1C32OC. The van der Waals surface area contributed by atoms with Crippen molar-refractivity contribution in [2.75, 3.05) is 20.8 Å². The predicted octanol–water partition coefficient (Wildman–Crippen LogP) is -0.447. The van der Waals surface area contributed by atoms with Crippen LogP contribution in [-0.4, -0.2) is 58.1 Å². The molecule has 0 aromatic carbocycles. The second-order valence-electron chi connectivity index (χ2n) is 5.74. The Kier molecular flexibility index (Phi) is 1.95. The molecule has 16 heavy (non-hydrogen) atoms. The molecule has 0 radical (unpaired) electrons. The van der Waals surface area contributed by atoms with E-state index in [9.17, 15) is 0 Å². The Morgan fingerprint density at radius 1 is 1.31 bits per heavy atom. The maximum atomic E-state index is 6.18. The first kappa shape index (κ1) is 11.0. The van der Waals surface area contributed by atoms with Gasteiger partial charge in [-0.25, -0.2) is 0 Å². The molecule has 4 nitrogen and oxygen atoms in total. The summed E-state index contributed by atoms with van der Waals surface area (Å²) in [7, 11) is 5.51. The van der Waals surface area contributed by atoms with Gasteiger partial charge in [-0.3, -0.25) is 0 Å². The van der Waals surface area contributed by atoms with Crippen LogP contribution in [0.25, 0.3) is 0 Å². The molecule has 2 saturated heterocycles. The number of methoxy groups -OCH3 is 2. The van der Waals surface area contributed by atoms with Crippen molar-refractivity contribution in [3.05, 3.63) is 0 Å². The van der Waals surface area contributed by atoms with Crippen molar-refractivity contribution < 1.29 is 18.9 Å². The predicted molar refractivity (Wildman–Crippen MR) is 60.2 cm³/mol. The van der Waals surface area contributed by atoms with E-state index >= 15 is 0 Å². The van der Waals surface area contributed by atoms with E-state index < -0.39 is 0 Å². The van der Waals surface area contributed by atoms with Gasteiger partial charge in [-0.1, -0.05) is 13.8 Å². The molecule has 3 fully saturated rings. The molecule has 2 aliphatic heterocycles. The maximum Gasteiger partial charge on any atom is 0.154 e. The molecular weight excluding hydrogens is 207 g/mol. The minimum Gasteiger partial charge on any atom is -0.382 e. The van der Waals surface area contributed by atoms with Gasteiger partial charge in [0, 0.05) is 19.6 Å². The summed E-state index contributed by atoms with van der Waals surface area (Å²) in [6, 6.07) is 0.0770. The lowest BCUT2D eigenvalue weighted by molar-refractivity contribution is -0.440. The molecule has 2 unspecified atom stereocenters. The van der Waals surface area contributed by atoms with Crippen molar-refractivity contribution in [1.29, 1.82) is 0 Å². The van der Waals surface area contributed by atoms with Gasteiger partial charge in [-0.15, -0.1) is 0 Å². The fourth-order valence-corrected chi connectivity index (χ4v) is 4.22. The molecule has 0 bridgehead atoms. The summed E-state index contributed by atoms with van der Waals surface area (Å²) in [4.78, 5) is 0. The van der Waals surface area contributed by atoms with Gasteiger partial charge in [0.1, 0.15) is 25.7 Å². The van der Waals surface area contributed by atoms with Gasteiger partial charge in [-0.05, 0) is 0 Å². The van der Waals surface area contributed by atoms with E-state index in [1.165, 1.54) is 0 Å². The van der Waals surface area contributed by atoms with E-state index in [-0.39, 0.29) is 34.8 Å². The molecule has 1 saturated carbocycles. The quantitative estimate of drug-likeness (QED) is 0.611. The fraction of sp³-hybridized carbons (Fsp3) is 1.00. The highest BCUT2D eigenvalue weighted by molar-refractivity contribution is 6.12. The summed E-state index contributed by atoms with van der Waals surface area (Å²) in [5.41, 5.74) is -0.692. The highest BCUT2D eigenvalue weighted by Crippen LogP contribution is 2.73. The van der Waals surface area contributed by atoms with Crippen LogP contribution in [0.2, 0.25) is 0 Å². The second kappa shape index (κ2) is 2.83. The van der Waals surface area contributed by atoms with Crippen LogP contribution in [0.1, 0.15) is 13.8 Å². The summed E-state index contributed by atoms with van der Waals surface area (Å²) in [5.74, 6) is 0. The third-order valence-corrected chi connectivity index (χ3v) is 4.92. The Morgan fingerprint density at radius 2 is 2.00 bits per heavy atom. The number of ether oxygens (including phenoxy) is 4. The summed E-state index contributed by atoms with van der Waals surface area (Å²) in [6.07, 6.45) is 0.195. The van der Waals surface area contributed by atoms with Crippen molar-refractivity contribution in [2.45, 2.75) is 43.3 Å². The van der Waals surface area contributed by atoms with Crippen LogP contribution in [0.3, 0.4) is 0 Å². The minimum absolute atomic E-state index is 0.0553. The van der Waals surface area contributed by atoms with Crippen LogP contribution in [0.5, 0.6) is 0 Å². The smallest absolute Gasteiger partial charge is 0.154 e. The van der Waals surface area contributed by atoms with E-state index in [2.05, 4.69) is 13.8 Å². The van der Waals surface area contributed by atoms with E-state index in [1.807, 2.05) is 7.85 Å². The van der Waals surface area contributed by atoms with Crippen molar-refractivity contribution in [2.24, 2.45) is 5.41 Å². The molecule has 5 heteroatoms. The summed E-state index contributed by atoms with van der Waals surface area (Å²) in [5, 5.41) is 0. The molecule has 3 rings (SSSR count). The van der Waals surface area contributed by atoms with Gasteiger partial charge in [0.05, 0.1) is 12.6 Å². The lowest BCUT2D eigenvalue weighted by Crippen LogP contribution is -2.92. The van der Waals surface area contributed by atoms with Gasteiger partial charge in [0.15, 0.2) is 5.60 Å². The molecule has 5 atom stereocenters. The van der Waals surface area contributed by atoms with Gasteiger partial charge < -0.3 is 18.9 Å². The molecule has 0 spiro atoms. The molecule has 3 aliphatic rings. The topological polar surface area (TPSA) is 36.9 Å². The van der Waals surface area contributed by atoms with Gasteiger partial charge in [0.25, 0.3) is 0 Å². The van der Waals surface area contributed by atoms with E-state index in [1.54, 1.807) is 14.2 Å². The van der Waals surface area contributed by atoms with Gasteiger partial charge >= 0.3 is 0 Å². The number of rotatable bonds is 3. The lowest BCUT2D eigenvalue weighted by atomic mass is 9.43. The Hall–Kier alpha value is -0.0951. The van der Waals surface area contributed by atoms with Crippen LogP contribution in [0.4, 0.5) is 0 Å². The van der Waals surface area contributed by atoms with Crippen LogP contribution in [0, 0.1) is 5.41 Å². The van der Waals surface area contributed by atoms with Crippen molar-refractivity contribution in [1.82, 2.24) is 0 Å². The monoisotopic (exact) mass is 226 g/mol. The first-order valence-corrected chi connectivity index (χ1v) is 5.85. The average Bonchev–Trinajstić information content (AvgIpc) is 2.23. The minimum atomic E-state index is -0.351. The van der Waals surface area contributed by atoms with Gasteiger partial charge in [0.2, 0.25) is 0 Å². The highest BCUT2D eigenvalue weighted by Gasteiger charge is 2.91. The molecule has 0 N–H and O–H groups in total. The van der Waals surface area contributed by atoms with E-state index in [0.717, 1.165) is 0 Å². The molecule has 0 amide bonds. The van der Waals surface area contributed by atoms with Crippen LogP contribution >= 0.6 is 0 Å². The molecule has 0 aromatic rings. The zero-order chi connectivity index (χ0) is 11.8. The zero-order valence-electron chi connectivity index (χ0n) is 10.6. The first-order valence-electron chi connectivity index (χ1n) is 5.85. The maximum absolute atomic E-state index is 6.18. The van der Waals surface area contributed by atoms with Crippen molar-refractivity contribution in [3.8, 4) is 0 Å². The van der Waals surface area contributed by atoms with Gasteiger partial charge in [-0.2, -0.15) is 0 Å². The zero-order valence-corrected chi connectivity index (χ0v) is 10.6. The Morgan fingerprint density at radius 3 is 2.56 bits per heavy atom. The normalized spacial score (nSPS) is 56.4. The Bertz CT molecular complexity index is 334. The summed E-state index contributed by atoms with van der Waals surface area (Å²) < 4.78 is 23.3. The highest BCUT2D eigenvalue weighted by atomic mass is 16.7. The Balaban J connectivity index is 2.05. The molecule has 1 aliphatic carbocycles. The van der Waals surface area contributed by atoms with Crippen LogP contribution in [0.15, 0.2) is 0 Å². The van der Waals surface area contributed by atoms with E-state index in [0.29, 0.717) is 6.61 Å². The Labute approximate surface area is 97.0 Å². The third-order valence-electron chi connectivity index (χ3n) is 4.92. The summed E-state index contributed by atoms with van der Waals surface area (Å²) >= 11 is 0. The number of hydrogen-bond donors (Lipinski definition) is 0. The standard InChI is InChI=1S/C11H19BO4/c1-9(2)8-11(14-4)6(15-8)7(12)16-10(9,11)5-13-3/h6-8H,5,12H2,1-4H3/t6?,7-,8-,10+,11?/m1/s1. The van der Waals surface area contributed by atoms with Crippen LogP contribution < -0.4 is 0 Å². The lowest BCUT2D eigenvalue weighted by Gasteiger charge is -2.74. The van der Waals surface area contributed by atoms with Crippen LogP contribution in [-0.2, 0) is 18.9 Å². The largest absolute Gasteiger partial charge is 0.382 e. The molecule has 2 heterocycles. The van der Waals surface area contributed by atoms with Crippen molar-refractivity contribution >= 4 is 7.85 Å². The fourth-order valence-electron chi connectivity index (χ4n) is 4.22. The molecule has 0 aromatic heterocycles. The number of hydrogen-bond acceptors (Lipinski definition) is 4. The second-order valence-corrected chi connectivity index (χ2v) is 5.74. The molecular formula is C11H19BO4. The third kappa shape index (κ3) is 0.741. The van der Waals surface area contributed by atoms with Crippen molar-refractivity contribution in [3.63, 3.8) is 0 Å². The summed E-state index contributed by atoms with van der Waals surface area (Å²) in [6.45, 7) is 4.90. The van der Waals surface area contributed by atoms with E-state index in [4.69, 9.17) is 18.9 Å². The molecule has 90 valence electrons.